The summed E-state index contributed by atoms with van der Waals surface area (Å²) in [5, 5.41) is 22.6. The Bertz CT molecular complexity index is 660. The van der Waals surface area contributed by atoms with Crippen LogP contribution in [0.5, 0.6) is 0 Å². The number of hydrogen-bond donors (Lipinski definition) is 3. The molecule has 0 saturated heterocycles. The van der Waals surface area contributed by atoms with Crippen LogP contribution in [-0.4, -0.2) is 5.84 Å². The Morgan fingerprint density at radius 3 is 2.27 bits per heavy atom. The Morgan fingerprint density at radius 2 is 1.68 bits per heavy atom. The number of nitrogen functional groups attached to an aromatic ring is 1. The van der Waals surface area contributed by atoms with Gasteiger partial charge in [0, 0.05) is 12.1 Å². The van der Waals surface area contributed by atoms with Gasteiger partial charge in [-0.2, -0.15) is 0 Å². The third kappa shape index (κ3) is 4.38. The molecule has 0 heterocycles. The van der Waals surface area contributed by atoms with Crippen LogP contribution in [0.25, 0.3) is 0 Å². The average Bonchev–Trinajstić information content (AvgIpc) is 2.53. The van der Waals surface area contributed by atoms with Crippen molar-refractivity contribution in [2.45, 2.75) is 19.9 Å². The summed E-state index contributed by atoms with van der Waals surface area (Å²) in [6.07, 6.45) is 0.406. The molecule has 0 aliphatic carbocycles. The Morgan fingerprint density at radius 1 is 1.05 bits per heavy atom. The molecule has 0 atom stereocenters. The minimum absolute atomic E-state index is 0.0558. The lowest BCUT2D eigenvalue weighted by Gasteiger charge is -2.18. The molecule has 0 saturated carbocycles. The maximum absolute atomic E-state index is 12.1. The van der Waals surface area contributed by atoms with Crippen molar-refractivity contribution >= 4 is 5.84 Å². The second-order valence-electron chi connectivity index (χ2n) is 5.17. The summed E-state index contributed by atoms with van der Waals surface area (Å²) in [6.45, 7) is 2.37. The predicted octanol–water partition coefficient (Wildman–Crippen LogP) is 1.89. The number of benzene rings is 2. The Labute approximate surface area is 130 Å². The van der Waals surface area contributed by atoms with Gasteiger partial charge in [0.15, 0.2) is 0 Å². The second kappa shape index (κ2) is 7.31. The summed E-state index contributed by atoms with van der Waals surface area (Å²) in [4.78, 5) is 0. The van der Waals surface area contributed by atoms with E-state index in [2.05, 4.69) is 5.32 Å². The highest BCUT2D eigenvalue weighted by atomic mass is 16.3. The zero-order chi connectivity index (χ0) is 15.9. The van der Waals surface area contributed by atoms with Crippen molar-refractivity contribution in [2.24, 2.45) is 5.73 Å². The minimum Gasteiger partial charge on any atom is -0.874 e. The number of hydrogen-bond acceptors (Lipinski definition) is 3. The number of amidine groups is 1. The molecule has 4 heteroatoms. The van der Waals surface area contributed by atoms with E-state index in [9.17, 15) is 5.11 Å². The Kier molecular flexibility index (Phi) is 5.20. The number of rotatable bonds is 6. The van der Waals surface area contributed by atoms with Crippen LogP contribution < -0.4 is 16.2 Å². The fourth-order valence-corrected chi connectivity index (χ4v) is 2.05. The third-order valence-corrected chi connectivity index (χ3v) is 3.45. The van der Waals surface area contributed by atoms with Gasteiger partial charge in [0.05, 0.1) is 0 Å². The third-order valence-electron chi connectivity index (χ3n) is 3.45. The lowest BCUT2D eigenvalue weighted by molar-refractivity contribution is -0.307. The van der Waals surface area contributed by atoms with Crippen molar-refractivity contribution in [3.8, 4) is 0 Å². The van der Waals surface area contributed by atoms with E-state index in [0.717, 1.165) is 11.1 Å². The van der Waals surface area contributed by atoms with Crippen molar-refractivity contribution in [3.05, 3.63) is 82.7 Å². The van der Waals surface area contributed by atoms with E-state index >= 15 is 0 Å². The highest BCUT2D eigenvalue weighted by Crippen LogP contribution is 2.08. The largest absolute Gasteiger partial charge is 0.874 e. The van der Waals surface area contributed by atoms with Gasteiger partial charge in [-0.3, -0.25) is 5.41 Å². The molecule has 0 radical (unpaired) electrons. The van der Waals surface area contributed by atoms with Gasteiger partial charge in [-0.05, 0) is 30.2 Å². The van der Waals surface area contributed by atoms with Gasteiger partial charge in [-0.15, -0.1) is 5.76 Å². The number of nitrogens with two attached hydrogens (primary N) is 1. The van der Waals surface area contributed by atoms with Gasteiger partial charge in [0.25, 0.3) is 0 Å². The van der Waals surface area contributed by atoms with Crippen LogP contribution in [0.1, 0.15) is 23.6 Å². The van der Waals surface area contributed by atoms with E-state index in [1.807, 2.05) is 42.5 Å². The van der Waals surface area contributed by atoms with Crippen LogP contribution in [0.2, 0.25) is 0 Å². The van der Waals surface area contributed by atoms with Gasteiger partial charge in [0.1, 0.15) is 5.84 Å². The van der Waals surface area contributed by atoms with Crippen molar-refractivity contribution < 1.29 is 5.11 Å². The summed E-state index contributed by atoms with van der Waals surface area (Å²) in [7, 11) is 0. The maximum Gasteiger partial charge on any atom is 0.122 e. The monoisotopic (exact) mass is 294 g/mol. The van der Waals surface area contributed by atoms with Gasteiger partial charge in [-0.25, -0.2) is 0 Å². The van der Waals surface area contributed by atoms with E-state index in [4.69, 9.17) is 11.1 Å². The zero-order valence-electron chi connectivity index (χ0n) is 12.6. The molecule has 4 nitrogen and oxygen atoms in total. The first-order valence-corrected chi connectivity index (χ1v) is 7.14. The average molecular weight is 294 g/mol. The highest BCUT2D eigenvalue weighted by molar-refractivity contribution is 5.94. The molecular formula is C18H20N3O-. The van der Waals surface area contributed by atoms with Crippen molar-refractivity contribution in [1.82, 2.24) is 5.32 Å². The van der Waals surface area contributed by atoms with Crippen molar-refractivity contribution in [3.63, 3.8) is 0 Å². The van der Waals surface area contributed by atoms with Crippen LogP contribution in [-0.2, 0) is 13.0 Å². The van der Waals surface area contributed by atoms with E-state index in [1.54, 1.807) is 19.1 Å². The predicted molar refractivity (Wildman–Crippen MR) is 87.1 cm³/mol. The summed E-state index contributed by atoms with van der Waals surface area (Å²) in [5.41, 5.74) is 8.82. The summed E-state index contributed by atoms with van der Waals surface area (Å²) in [5.74, 6) is 0.145. The molecule has 0 amide bonds. The molecule has 4 N–H and O–H groups in total. The quantitative estimate of drug-likeness (QED) is 0.432. The topological polar surface area (TPSA) is 85.0 Å². The fourth-order valence-electron chi connectivity index (χ4n) is 2.05. The fraction of sp³-hybridized carbons (Fsp3) is 0.167. The molecule has 22 heavy (non-hydrogen) atoms. The van der Waals surface area contributed by atoms with Gasteiger partial charge < -0.3 is 16.2 Å². The summed E-state index contributed by atoms with van der Waals surface area (Å²) < 4.78 is 0. The molecule has 0 aromatic heterocycles. The molecule has 0 fully saturated rings. The SMILES string of the molecule is CC(NCc1ccc(C(=N)N)cc1)=C([O-])Cc1ccccc1. The van der Waals surface area contributed by atoms with E-state index < -0.39 is 0 Å². The van der Waals surface area contributed by atoms with Crippen LogP contribution in [0.4, 0.5) is 0 Å². The van der Waals surface area contributed by atoms with E-state index in [0.29, 0.717) is 24.2 Å². The molecule has 2 rings (SSSR count). The molecule has 0 aliphatic heterocycles. The lowest BCUT2D eigenvalue weighted by atomic mass is 10.1. The summed E-state index contributed by atoms with van der Waals surface area (Å²) >= 11 is 0. The first-order valence-electron chi connectivity index (χ1n) is 7.14. The van der Waals surface area contributed by atoms with Crippen LogP contribution in [0.3, 0.4) is 0 Å². The van der Waals surface area contributed by atoms with Crippen LogP contribution in [0.15, 0.2) is 66.1 Å². The van der Waals surface area contributed by atoms with E-state index in [-0.39, 0.29) is 11.6 Å². The standard InChI is InChI=1S/C18H21N3O/c1-13(17(22)11-14-5-3-2-4-6-14)21-12-15-7-9-16(10-8-15)18(19)20/h2-10,21-22H,11-12H2,1H3,(H3,19,20)/p-1. The molecule has 0 spiro atoms. The van der Waals surface area contributed by atoms with Crippen molar-refractivity contribution in [1.29, 1.82) is 5.41 Å². The molecule has 0 unspecified atom stereocenters. The maximum atomic E-state index is 12.1. The zero-order valence-corrected chi connectivity index (χ0v) is 12.6. The Hall–Kier alpha value is -2.75. The molecule has 0 bridgehead atoms. The first-order chi connectivity index (χ1) is 10.6. The minimum atomic E-state index is 0.0558. The van der Waals surface area contributed by atoms with Crippen LogP contribution >= 0.6 is 0 Å². The number of nitrogens with one attached hydrogen (secondary N) is 2. The Balaban J connectivity index is 1.94. The smallest absolute Gasteiger partial charge is 0.122 e. The second-order valence-corrected chi connectivity index (χ2v) is 5.17. The summed E-state index contributed by atoms with van der Waals surface area (Å²) in [6, 6.07) is 17.1. The van der Waals surface area contributed by atoms with Crippen molar-refractivity contribution in [2.75, 3.05) is 0 Å². The van der Waals surface area contributed by atoms with E-state index in [1.165, 1.54) is 0 Å². The highest BCUT2D eigenvalue weighted by Gasteiger charge is 1.98. The molecule has 2 aromatic carbocycles. The normalized spacial score (nSPS) is 11.7. The molecular weight excluding hydrogens is 274 g/mol. The molecule has 0 aliphatic rings. The first kappa shape index (κ1) is 15.6. The molecule has 2 aromatic rings. The van der Waals surface area contributed by atoms with Crippen LogP contribution in [0, 0.1) is 5.41 Å². The van der Waals surface area contributed by atoms with Gasteiger partial charge in [0.2, 0.25) is 0 Å². The molecule has 114 valence electrons. The van der Waals surface area contributed by atoms with Gasteiger partial charge >= 0.3 is 0 Å². The van der Waals surface area contributed by atoms with Gasteiger partial charge in [-0.1, -0.05) is 54.6 Å². The lowest BCUT2D eigenvalue weighted by Crippen LogP contribution is -2.19. The number of allylic oxidation sites excluding steroid dienone is 2.